The van der Waals surface area contributed by atoms with Crippen LogP contribution in [-0.2, 0) is 0 Å². The van der Waals surface area contributed by atoms with Gasteiger partial charge in [-0.1, -0.05) is 6.07 Å². The van der Waals surface area contributed by atoms with Gasteiger partial charge in [0.15, 0.2) is 0 Å². The highest BCUT2D eigenvalue weighted by atomic mass is 16.2. The summed E-state index contributed by atoms with van der Waals surface area (Å²) in [6, 6.07) is 6.71. The maximum Gasteiger partial charge on any atom is 0.251 e. The molecule has 2 N–H and O–H groups in total. The number of hydrogen-bond donors (Lipinski definition) is 2. The molecule has 0 aromatic heterocycles. The zero-order chi connectivity index (χ0) is 13.8. The van der Waals surface area contributed by atoms with Crippen molar-refractivity contribution in [1.29, 1.82) is 0 Å². The lowest BCUT2D eigenvalue weighted by molar-refractivity contribution is 0.0919. The van der Waals surface area contributed by atoms with Crippen LogP contribution in [0.5, 0.6) is 0 Å². The van der Waals surface area contributed by atoms with Gasteiger partial charge in [0.1, 0.15) is 0 Å². The van der Waals surface area contributed by atoms with E-state index in [0.717, 1.165) is 0 Å². The molecular formula is C14H20N2O2. The molecule has 0 aliphatic carbocycles. The Balaban J connectivity index is 2.88. The van der Waals surface area contributed by atoms with Crippen LogP contribution in [0, 0.1) is 0 Å². The molecule has 18 heavy (non-hydrogen) atoms. The van der Waals surface area contributed by atoms with E-state index in [0.29, 0.717) is 17.7 Å². The third-order valence-corrected chi connectivity index (χ3v) is 2.21. The molecule has 0 spiro atoms. The predicted molar refractivity (Wildman–Crippen MR) is 71.7 cm³/mol. The van der Waals surface area contributed by atoms with Crippen molar-refractivity contribution < 1.29 is 9.59 Å². The third-order valence-electron chi connectivity index (χ3n) is 2.21. The Labute approximate surface area is 108 Å². The van der Waals surface area contributed by atoms with E-state index in [4.69, 9.17) is 0 Å². The minimum absolute atomic E-state index is 0.164. The van der Waals surface area contributed by atoms with Crippen LogP contribution in [0.15, 0.2) is 24.3 Å². The van der Waals surface area contributed by atoms with Crippen molar-refractivity contribution in [2.75, 3.05) is 6.54 Å². The van der Waals surface area contributed by atoms with Crippen LogP contribution in [0.4, 0.5) is 0 Å². The Morgan fingerprint density at radius 3 is 2.17 bits per heavy atom. The van der Waals surface area contributed by atoms with Crippen molar-refractivity contribution in [3.63, 3.8) is 0 Å². The van der Waals surface area contributed by atoms with E-state index in [9.17, 15) is 9.59 Å². The summed E-state index contributed by atoms with van der Waals surface area (Å²) in [6.07, 6.45) is 0. The molecule has 4 heteroatoms. The van der Waals surface area contributed by atoms with Gasteiger partial charge < -0.3 is 10.6 Å². The van der Waals surface area contributed by atoms with Crippen LogP contribution in [0.2, 0.25) is 0 Å². The Kier molecular flexibility index (Phi) is 4.48. The highest BCUT2D eigenvalue weighted by Gasteiger charge is 2.16. The van der Waals surface area contributed by atoms with Crippen LogP contribution in [-0.4, -0.2) is 23.9 Å². The maximum atomic E-state index is 12.0. The Morgan fingerprint density at radius 1 is 1.11 bits per heavy atom. The van der Waals surface area contributed by atoms with E-state index in [1.165, 1.54) is 0 Å². The van der Waals surface area contributed by atoms with Gasteiger partial charge in [0.25, 0.3) is 11.8 Å². The van der Waals surface area contributed by atoms with E-state index in [1.54, 1.807) is 24.3 Å². The van der Waals surface area contributed by atoms with Crippen LogP contribution < -0.4 is 10.6 Å². The number of carbonyl (C=O) groups is 2. The van der Waals surface area contributed by atoms with E-state index < -0.39 is 0 Å². The van der Waals surface area contributed by atoms with Gasteiger partial charge in [-0.25, -0.2) is 0 Å². The zero-order valence-electron chi connectivity index (χ0n) is 11.3. The fraction of sp³-hybridized carbons (Fsp3) is 0.429. The van der Waals surface area contributed by atoms with E-state index in [-0.39, 0.29) is 17.4 Å². The monoisotopic (exact) mass is 248 g/mol. The average molecular weight is 248 g/mol. The van der Waals surface area contributed by atoms with Gasteiger partial charge in [-0.05, 0) is 45.9 Å². The molecule has 0 fully saturated rings. The van der Waals surface area contributed by atoms with E-state index in [2.05, 4.69) is 10.6 Å². The summed E-state index contributed by atoms with van der Waals surface area (Å²) in [7, 11) is 0. The number of rotatable bonds is 3. The molecule has 0 bridgehead atoms. The molecule has 0 atom stereocenters. The lowest BCUT2D eigenvalue weighted by Gasteiger charge is -2.20. The Morgan fingerprint density at radius 2 is 1.67 bits per heavy atom. The van der Waals surface area contributed by atoms with Crippen LogP contribution in [0.1, 0.15) is 48.4 Å². The Hall–Kier alpha value is -1.84. The second-order valence-electron chi connectivity index (χ2n) is 5.14. The standard InChI is InChI=1S/C14H20N2O2/c1-5-15-12(17)10-7-6-8-11(9-10)13(18)16-14(2,3)4/h6-9H,5H2,1-4H3,(H,15,17)(H,16,18). The first-order valence-corrected chi connectivity index (χ1v) is 6.04. The molecule has 0 aliphatic heterocycles. The largest absolute Gasteiger partial charge is 0.352 e. The molecule has 1 aromatic rings. The predicted octanol–water partition coefficient (Wildman–Crippen LogP) is 1.96. The van der Waals surface area contributed by atoms with Crippen molar-refractivity contribution in [3.05, 3.63) is 35.4 Å². The number of amides is 2. The highest BCUT2D eigenvalue weighted by molar-refractivity contribution is 5.99. The normalized spacial score (nSPS) is 10.9. The number of hydrogen-bond acceptors (Lipinski definition) is 2. The second kappa shape index (κ2) is 5.67. The topological polar surface area (TPSA) is 58.2 Å². The molecule has 0 aliphatic rings. The lowest BCUT2D eigenvalue weighted by atomic mass is 10.1. The van der Waals surface area contributed by atoms with Crippen LogP contribution in [0.3, 0.4) is 0 Å². The lowest BCUT2D eigenvalue weighted by Crippen LogP contribution is -2.40. The van der Waals surface area contributed by atoms with Gasteiger partial charge in [0, 0.05) is 23.2 Å². The van der Waals surface area contributed by atoms with E-state index in [1.807, 2.05) is 27.7 Å². The fourth-order valence-electron chi connectivity index (χ4n) is 1.48. The van der Waals surface area contributed by atoms with Crippen molar-refractivity contribution in [3.8, 4) is 0 Å². The van der Waals surface area contributed by atoms with Crippen molar-refractivity contribution in [1.82, 2.24) is 10.6 Å². The summed E-state index contributed by atoms with van der Waals surface area (Å²) in [5.41, 5.74) is 0.700. The second-order valence-corrected chi connectivity index (χ2v) is 5.14. The first-order valence-electron chi connectivity index (χ1n) is 6.04. The molecule has 0 unspecified atom stereocenters. The highest BCUT2D eigenvalue weighted by Crippen LogP contribution is 2.08. The number of nitrogens with one attached hydrogen (secondary N) is 2. The van der Waals surface area contributed by atoms with Gasteiger partial charge in [-0.15, -0.1) is 0 Å². The Bertz CT molecular complexity index is 447. The van der Waals surface area contributed by atoms with Crippen molar-refractivity contribution in [2.45, 2.75) is 33.2 Å². The number of carbonyl (C=O) groups excluding carboxylic acids is 2. The summed E-state index contributed by atoms with van der Waals surface area (Å²) in [6.45, 7) is 8.17. The zero-order valence-corrected chi connectivity index (χ0v) is 11.3. The smallest absolute Gasteiger partial charge is 0.251 e. The minimum atomic E-state index is -0.293. The molecule has 0 heterocycles. The summed E-state index contributed by atoms with van der Waals surface area (Å²) in [5.74, 6) is -0.337. The van der Waals surface area contributed by atoms with Gasteiger partial charge in [-0.2, -0.15) is 0 Å². The van der Waals surface area contributed by atoms with Crippen molar-refractivity contribution >= 4 is 11.8 Å². The molecule has 0 saturated carbocycles. The summed E-state index contributed by atoms with van der Waals surface area (Å²) < 4.78 is 0. The molecule has 0 saturated heterocycles. The molecule has 98 valence electrons. The fourth-order valence-corrected chi connectivity index (χ4v) is 1.48. The van der Waals surface area contributed by atoms with Gasteiger partial charge in [0.2, 0.25) is 0 Å². The molecule has 0 radical (unpaired) electrons. The average Bonchev–Trinajstić information content (AvgIpc) is 2.27. The first kappa shape index (κ1) is 14.2. The number of benzene rings is 1. The SMILES string of the molecule is CCNC(=O)c1cccc(C(=O)NC(C)(C)C)c1. The van der Waals surface area contributed by atoms with E-state index >= 15 is 0 Å². The van der Waals surface area contributed by atoms with Crippen molar-refractivity contribution in [2.24, 2.45) is 0 Å². The molecule has 1 aromatic carbocycles. The summed E-state index contributed by atoms with van der Waals surface area (Å²) >= 11 is 0. The van der Waals surface area contributed by atoms with Gasteiger partial charge in [0.05, 0.1) is 0 Å². The maximum absolute atomic E-state index is 12.0. The first-order chi connectivity index (χ1) is 8.33. The van der Waals surface area contributed by atoms with Crippen LogP contribution >= 0.6 is 0 Å². The quantitative estimate of drug-likeness (QED) is 0.859. The molecule has 4 nitrogen and oxygen atoms in total. The summed E-state index contributed by atoms with van der Waals surface area (Å²) in [4.78, 5) is 23.6. The third kappa shape index (κ3) is 4.20. The van der Waals surface area contributed by atoms with Gasteiger partial charge in [-0.3, -0.25) is 9.59 Å². The summed E-state index contributed by atoms with van der Waals surface area (Å²) in [5, 5.41) is 5.57. The molecular weight excluding hydrogens is 228 g/mol. The molecule has 2 amide bonds. The van der Waals surface area contributed by atoms with Crippen LogP contribution in [0.25, 0.3) is 0 Å². The molecule has 1 rings (SSSR count). The van der Waals surface area contributed by atoms with Gasteiger partial charge >= 0.3 is 0 Å². The minimum Gasteiger partial charge on any atom is -0.352 e.